The van der Waals surface area contributed by atoms with E-state index in [0.717, 1.165) is 41.9 Å². The van der Waals surface area contributed by atoms with E-state index in [1.807, 2.05) is 6.07 Å². The van der Waals surface area contributed by atoms with Crippen molar-refractivity contribution < 1.29 is 14.6 Å². The van der Waals surface area contributed by atoms with Crippen LogP contribution in [0.25, 0.3) is 0 Å². The van der Waals surface area contributed by atoms with Crippen LogP contribution in [0.5, 0.6) is 0 Å². The lowest BCUT2D eigenvalue weighted by molar-refractivity contribution is 0.0696. The van der Waals surface area contributed by atoms with Crippen LogP contribution in [0, 0.1) is 0 Å². The van der Waals surface area contributed by atoms with E-state index in [9.17, 15) is 4.79 Å². The van der Waals surface area contributed by atoms with Gasteiger partial charge in [0.1, 0.15) is 5.82 Å². The summed E-state index contributed by atoms with van der Waals surface area (Å²) in [6.07, 6.45) is 3.51. The number of benzene rings is 1. The number of carbonyl (C=O) groups is 1. The number of aromatic amines is 1. The number of aromatic nitrogens is 2. The van der Waals surface area contributed by atoms with Crippen LogP contribution in [0.3, 0.4) is 0 Å². The maximum absolute atomic E-state index is 11.2. The van der Waals surface area contributed by atoms with E-state index in [4.69, 9.17) is 21.4 Å². The van der Waals surface area contributed by atoms with Crippen LogP contribution >= 0.6 is 11.6 Å². The van der Waals surface area contributed by atoms with Gasteiger partial charge in [-0.15, -0.1) is 0 Å². The largest absolute Gasteiger partial charge is 0.478 e. The number of nitrogens with one attached hydrogen (secondary N) is 1. The van der Waals surface area contributed by atoms with E-state index in [0.29, 0.717) is 23.7 Å². The van der Waals surface area contributed by atoms with E-state index >= 15 is 0 Å². The molecule has 1 heterocycles. The van der Waals surface area contributed by atoms with Gasteiger partial charge in [-0.25, -0.2) is 9.78 Å². The molecule has 2 N–H and O–H groups in total. The summed E-state index contributed by atoms with van der Waals surface area (Å²) in [5.74, 6) is -0.152. The second-order valence-corrected chi connectivity index (χ2v) is 5.81. The van der Waals surface area contributed by atoms with Crippen molar-refractivity contribution in [2.24, 2.45) is 0 Å². The number of methoxy groups -OCH3 is 1. The molecule has 0 saturated carbocycles. The number of nitrogens with zero attached hydrogens (tertiary/aromatic N) is 1. The zero-order valence-electron chi connectivity index (χ0n) is 13.4. The fourth-order valence-corrected chi connectivity index (χ4v) is 2.68. The minimum absolute atomic E-state index is 0.317. The number of carboxylic acids is 1. The molecule has 1 aromatic carbocycles. The van der Waals surface area contributed by atoms with Gasteiger partial charge < -0.3 is 14.8 Å². The minimum atomic E-state index is -0.905. The van der Waals surface area contributed by atoms with Gasteiger partial charge in [0, 0.05) is 13.5 Å². The normalized spacial score (nSPS) is 10.9. The third kappa shape index (κ3) is 4.56. The van der Waals surface area contributed by atoms with E-state index in [2.05, 4.69) is 16.9 Å². The number of imidazole rings is 1. The SMILES string of the molecule is CCCCc1cc(C(=O)O)ccc1Cc1nc(Cl)c(COC)[nH]1. The van der Waals surface area contributed by atoms with Gasteiger partial charge in [0.15, 0.2) is 5.15 Å². The molecule has 0 radical (unpaired) electrons. The van der Waals surface area contributed by atoms with Crippen molar-refractivity contribution in [2.45, 2.75) is 39.2 Å². The lowest BCUT2D eigenvalue weighted by atomic mass is 9.97. The van der Waals surface area contributed by atoms with E-state index in [1.165, 1.54) is 0 Å². The van der Waals surface area contributed by atoms with Gasteiger partial charge in [-0.2, -0.15) is 0 Å². The van der Waals surface area contributed by atoms with Crippen LogP contribution < -0.4 is 0 Å². The van der Waals surface area contributed by atoms with Crippen LogP contribution in [0.1, 0.15) is 52.8 Å². The molecule has 2 aromatic rings. The molecule has 1 aromatic heterocycles. The van der Waals surface area contributed by atoms with Crippen molar-refractivity contribution in [1.29, 1.82) is 0 Å². The summed E-state index contributed by atoms with van der Waals surface area (Å²) >= 11 is 6.08. The molecule has 2 rings (SSSR count). The first-order valence-corrected chi connectivity index (χ1v) is 8.00. The summed E-state index contributed by atoms with van der Waals surface area (Å²) in [4.78, 5) is 18.7. The molecule has 0 aliphatic heterocycles. The molecule has 0 saturated heterocycles. The summed E-state index contributed by atoms with van der Waals surface area (Å²) in [7, 11) is 1.60. The number of hydrogen-bond acceptors (Lipinski definition) is 3. The van der Waals surface area contributed by atoms with E-state index in [-0.39, 0.29) is 0 Å². The Morgan fingerprint density at radius 3 is 2.83 bits per heavy atom. The van der Waals surface area contributed by atoms with Crippen molar-refractivity contribution >= 4 is 17.6 Å². The summed E-state index contributed by atoms with van der Waals surface area (Å²) in [5.41, 5.74) is 3.18. The molecule has 0 aliphatic rings. The predicted octanol–water partition coefficient (Wildman–Crippen LogP) is 3.84. The fourth-order valence-electron chi connectivity index (χ4n) is 2.48. The highest BCUT2D eigenvalue weighted by molar-refractivity contribution is 6.30. The van der Waals surface area contributed by atoms with Crippen LogP contribution in [0.4, 0.5) is 0 Å². The molecular weight excluding hydrogens is 316 g/mol. The van der Waals surface area contributed by atoms with Gasteiger partial charge in [-0.05, 0) is 36.1 Å². The average molecular weight is 337 g/mol. The van der Waals surface area contributed by atoms with Crippen LogP contribution in [-0.2, 0) is 24.2 Å². The van der Waals surface area contributed by atoms with Crippen LogP contribution in [0.2, 0.25) is 5.15 Å². The number of hydrogen-bond donors (Lipinski definition) is 2. The number of aryl methyl sites for hydroxylation is 1. The first kappa shape index (κ1) is 17.5. The van der Waals surface area contributed by atoms with Crippen molar-refractivity contribution in [3.63, 3.8) is 0 Å². The molecule has 0 spiro atoms. The molecule has 0 amide bonds. The Balaban J connectivity index is 2.26. The Kier molecular flexibility index (Phi) is 6.19. The smallest absolute Gasteiger partial charge is 0.335 e. The van der Waals surface area contributed by atoms with Crippen LogP contribution in [-0.4, -0.2) is 28.2 Å². The Morgan fingerprint density at radius 1 is 1.39 bits per heavy atom. The Labute approximate surface area is 140 Å². The zero-order valence-corrected chi connectivity index (χ0v) is 14.1. The number of unbranched alkanes of at least 4 members (excludes halogenated alkanes) is 1. The first-order chi connectivity index (χ1) is 11.0. The van der Waals surface area contributed by atoms with Crippen molar-refractivity contribution in [3.8, 4) is 0 Å². The Bertz CT molecular complexity index is 682. The second kappa shape index (κ2) is 8.13. The summed E-state index contributed by atoms with van der Waals surface area (Å²) < 4.78 is 5.07. The standard InChI is InChI=1S/C17H21ClN2O3/c1-3-4-5-11-8-13(17(21)22)7-6-12(11)9-15-19-14(10-23-2)16(18)20-15/h6-8H,3-5,9-10H2,1-2H3,(H,19,20)(H,21,22). The molecule has 5 nitrogen and oxygen atoms in total. The Morgan fingerprint density at radius 2 is 2.17 bits per heavy atom. The Hall–Kier alpha value is -1.85. The van der Waals surface area contributed by atoms with Crippen LogP contribution in [0.15, 0.2) is 18.2 Å². The maximum Gasteiger partial charge on any atom is 0.335 e. The number of rotatable bonds is 8. The predicted molar refractivity (Wildman–Crippen MR) is 89.1 cm³/mol. The highest BCUT2D eigenvalue weighted by Crippen LogP contribution is 2.20. The lowest BCUT2D eigenvalue weighted by Crippen LogP contribution is -2.03. The van der Waals surface area contributed by atoms with Crippen molar-refractivity contribution in [2.75, 3.05) is 7.11 Å². The third-order valence-electron chi connectivity index (χ3n) is 3.68. The number of H-pyrrole nitrogens is 1. The van der Waals surface area contributed by atoms with Gasteiger partial charge in [0.25, 0.3) is 0 Å². The van der Waals surface area contributed by atoms with Gasteiger partial charge in [-0.3, -0.25) is 0 Å². The third-order valence-corrected chi connectivity index (χ3v) is 3.99. The number of halogens is 1. The molecule has 0 unspecified atom stereocenters. The highest BCUT2D eigenvalue weighted by Gasteiger charge is 2.12. The summed E-state index contributed by atoms with van der Waals surface area (Å²) in [5, 5.41) is 9.58. The second-order valence-electron chi connectivity index (χ2n) is 5.45. The minimum Gasteiger partial charge on any atom is -0.478 e. The highest BCUT2D eigenvalue weighted by atomic mass is 35.5. The molecule has 0 bridgehead atoms. The monoisotopic (exact) mass is 336 g/mol. The van der Waals surface area contributed by atoms with E-state index < -0.39 is 5.97 Å². The van der Waals surface area contributed by atoms with Gasteiger partial charge >= 0.3 is 5.97 Å². The van der Waals surface area contributed by atoms with Gasteiger partial charge in [0.05, 0.1) is 17.9 Å². The van der Waals surface area contributed by atoms with Gasteiger partial charge in [-0.1, -0.05) is 31.0 Å². The lowest BCUT2D eigenvalue weighted by Gasteiger charge is -2.09. The maximum atomic E-state index is 11.2. The number of carboxylic acid groups (broad SMARTS) is 1. The number of aromatic carboxylic acids is 1. The fraction of sp³-hybridized carbons (Fsp3) is 0.412. The molecule has 6 heteroatoms. The molecule has 124 valence electrons. The average Bonchev–Trinajstić information content (AvgIpc) is 2.86. The summed E-state index contributed by atoms with van der Waals surface area (Å²) in [6, 6.07) is 5.25. The molecule has 0 atom stereocenters. The topological polar surface area (TPSA) is 75.2 Å². The molecular formula is C17H21ClN2O3. The van der Waals surface area contributed by atoms with Crippen molar-refractivity contribution in [1.82, 2.24) is 9.97 Å². The van der Waals surface area contributed by atoms with E-state index in [1.54, 1.807) is 19.2 Å². The quantitative estimate of drug-likeness (QED) is 0.768. The van der Waals surface area contributed by atoms with Gasteiger partial charge in [0.2, 0.25) is 0 Å². The molecule has 23 heavy (non-hydrogen) atoms. The summed E-state index contributed by atoms with van der Waals surface area (Å²) in [6.45, 7) is 2.50. The van der Waals surface area contributed by atoms with Crippen molar-refractivity contribution in [3.05, 3.63) is 51.6 Å². The number of ether oxygens (including phenoxy) is 1. The molecule has 0 aliphatic carbocycles. The first-order valence-electron chi connectivity index (χ1n) is 7.62. The molecule has 0 fully saturated rings. The zero-order chi connectivity index (χ0) is 16.8.